The van der Waals surface area contributed by atoms with E-state index in [1.54, 1.807) is 30.5 Å². The van der Waals surface area contributed by atoms with Crippen molar-refractivity contribution in [2.75, 3.05) is 24.1 Å². The van der Waals surface area contributed by atoms with E-state index in [1.165, 1.54) is 18.4 Å². The number of H-pyrrole nitrogens is 1. The van der Waals surface area contributed by atoms with Crippen LogP contribution in [0.15, 0.2) is 53.3 Å². The van der Waals surface area contributed by atoms with Crippen LogP contribution in [0.3, 0.4) is 0 Å². The van der Waals surface area contributed by atoms with Crippen molar-refractivity contribution in [2.24, 2.45) is 0 Å². The first-order chi connectivity index (χ1) is 13.6. The Morgan fingerprint density at radius 3 is 2.86 bits per heavy atom. The number of carbonyl (C=O) groups excluding carboxylic acids is 1. The number of phenols is 1. The van der Waals surface area contributed by atoms with Crippen LogP contribution >= 0.6 is 0 Å². The van der Waals surface area contributed by atoms with Gasteiger partial charge in [0.2, 0.25) is 0 Å². The highest BCUT2D eigenvalue weighted by atomic mass is 16.3. The molecule has 0 spiro atoms. The second kappa shape index (κ2) is 7.31. The monoisotopic (exact) mass is 378 g/mol. The van der Waals surface area contributed by atoms with Crippen LogP contribution in [0.25, 0.3) is 22.6 Å². The SMILES string of the molecule is Nc1ccc(NCCNC(=O)c2ccc(O)c3[nH]c(-c4ccco4)nc23)nc1. The molecule has 0 bridgehead atoms. The molecule has 0 aliphatic rings. The van der Waals surface area contributed by atoms with Crippen molar-refractivity contribution >= 4 is 28.4 Å². The second-order valence-corrected chi connectivity index (χ2v) is 6.08. The zero-order valence-electron chi connectivity index (χ0n) is 14.8. The van der Waals surface area contributed by atoms with Crippen LogP contribution in [0.2, 0.25) is 0 Å². The number of hydrogen-bond donors (Lipinski definition) is 5. The van der Waals surface area contributed by atoms with Crippen LogP contribution in [-0.2, 0) is 0 Å². The Bertz CT molecular complexity index is 1100. The molecule has 0 aliphatic carbocycles. The predicted octanol–water partition coefficient (Wildman–Crippen LogP) is 2.35. The smallest absolute Gasteiger partial charge is 0.253 e. The van der Waals surface area contributed by atoms with Gasteiger partial charge in [-0.3, -0.25) is 4.79 Å². The number of rotatable bonds is 6. The van der Waals surface area contributed by atoms with E-state index in [-0.39, 0.29) is 11.7 Å². The Morgan fingerprint density at radius 2 is 2.11 bits per heavy atom. The van der Waals surface area contributed by atoms with E-state index in [1.807, 2.05) is 0 Å². The Kier molecular flexibility index (Phi) is 4.55. The van der Waals surface area contributed by atoms with Crippen LogP contribution in [-0.4, -0.2) is 39.1 Å². The summed E-state index contributed by atoms with van der Waals surface area (Å²) in [5.41, 5.74) is 7.29. The van der Waals surface area contributed by atoms with E-state index in [0.29, 0.717) is 52.8 Å². The summed E-state index contributed by atoms with van der Waals surface area (Å²) in [6.07, 6.45) is 3.08. The third-order valence-electron chi connectivity index (χ3n) is 4.13. The molecular weight excluding hydrogens is 360 g/mol. The van der Waals surface area contributed by atoms with Gasteiger partial charge in [0, 0.05) is 13.1 Å². The molecule has 0 aliphatic heterocycles. The van der Waals surface area contributed by atoms with E-state index in [2.05, 4.69) is 25.6 Å². The number of fused-ring (bicyclic) bond motifs is 1. The molecule has 0 saturated heterocycles. The lowest BCUT2D eigenvalue weighted by molar-refractivity contribution is 0.0956. The normalized spacial score (nSPS) is 10.9. The molecule has 0 radical (unpaired) electrons. The molecule has 3 aromatic heterocycles. The van der Waals surface area contributed by atoms with E-state index < -0.39 is 0 Å². The highest BCUT2D eigenvalue weighted by Crippen LogP contribution is 2.29. The topological polar surface area (TPSA) is 142 Å². The van der Waals surface area contributed by atoms with Crippen LogP contribution in [0.4, 0.5) is 11.5 Å². The molecule has 142 valence electrons. The number of anilines is 2. The minimum Gasteiger partial charge on any atom is -0.506 e. The molecule has 0 unspecified atom stereocenters. The first-order valence-corrected chi connectivity index (χ1v) is 8.61. The van der Waals surface area contributed by atoms with Crippen molar-refractivity contribution in [3.05, 3.63) is 54.4 Å². The number of carbonyl (C=O) groups is 1. The lowest BCUT2D eigenvalue weighted by Crippen LogP contribution is -2.29. The van der Waals surface area contributed by atoms with Gasteiger partial charge < -0.3 is 30.9 Å². The van der Waals surface area contributed by atoms with Gasteiger partial charge in [0.15, 0.2) is 11.6 Å². The lowest BCUT2D eigenvalue weighted by atomic mass is 10.1. The number of phenolic OH excluding ortho intramolecular Hbond substituents is 1. The number of nitrogens with two attached hydrogens (primary N) is 1. The van der Waals surface area contributed by atoms with Crippen LogP contribution in [0.5, 0.6) is 5.75 Å². The Hall–Kier alpha value is -4.01. The number of pyridine rings is 1. The van der Waals surface area contributed by atoms with Crippen LogP contribution in [0, 0.1) is 0 Å². The van der Waals surface area contributed by atoms with Gasteiger partial charge in [-0.2, -0.15) is 0 Å². The molecule has 1 amide bonds. The number of amides is 1. The molecule has 28 heavy (non-hydrogen) atoms. The third-order valence-corrected chi connectivity index (χ3v) is 4.13. The summed E-state index contributed by atoms with van der Waals surface area (Å²) < 4.78 is 5.32. The van der Waals surface area contributed by atoms with Crippen molar-refractivity contribution in [1.82, 2.24) is 20.3 Å². The molecule has 4 aromatic rings. The Morgan fingerprint density at radius 1 is 1.21 bits per heavy atom. The third kappa shape index (κ3) is 3.45. The van der Waals surface area contributed by atoms with E-state index in [4.69, 9.17) is 10.2 Å². The van der Waals surface area contributed by atoms with Gasteiger partial charge in [-0.1, -0.05) is 0 Å². The van der Waals surface area contributed by atoms with Crippen molar-refractivity contribution < 1.29 is 14.3 Å². The van der Waals surface area contributed by atoms with Crippen molar-refractivity contribution in [1.29, 1.82) is 0 Å². The summed E-state index contributed by atoms with van der Waals surface area (Å²) in [7, 11) is 0. The Labute approximate surface area is 159 Å². The molecule has 4 rings (SSSR count). The number of imidazole rings is 1. The fraction of sp³-hybridized carbons (Fsp3) is 0.105. The number of nitrogens with one attached hydrogen (secondary N) is 3. The second-order valence-electron chi connectivity index (χ2n) is 6.08. The maximum Gasteiger partial charge on any atom is 0.253 e. The summed E-state index contributed by atoms with van der Waals surface area (Å²) in [5.74, 6) is 1.34. The van der Waals surface area contributed by atoms with Crippen LogP contribution in [0.1, 0.15) is 10.4 Å². The number of aromatic amines is 1. The number of benzene rings is 1. The van der Waals surface area contributed by atoms with E-state index >= 15 is 0 Å². The molecule has 9 heteroatoms. The molecule has 0 fully saturated rings. The summed E-state index contributed by atoms with van der Waals surface area (Å²) >= 11 is 0. The largest absolute Gasteiger partial charge is 0.506 e. The number of nitrogen functional groups attached to an aromatic ring is 1. The van der Waals surface area contributed by atoms with Crippen molar-refractivity contribution in [3.8, 4) is 17.3 Å². The van der Waals surface area contributed by atoms with Gasteiger partial charge in [-0.25, -0.2) is 9.97 Å². The van der Waals surface area contributed by atoms with E-state index in [0.717, 1.165) is 0 Å². The van der Waals surface area contributed by atoms with Gasteiger partial charge in [-0.05, 0) is 36.4 Å². The minimum absolute atomic E-state index is 0.00736. The van der Waals surface area contributed by atoms with Crippen molar-refractivity contribution in [2.45, 2.75) is 0 Å². The fourth-order valence-corrected chi connectivity index (χ4v) is 2.76. The average Bonchev–Trinajstić information content (AvgIpc) is 3.37. The zero-order chi connectivity index (χ0) is 19.5. The van der Waals surface area contributed by atoms with Gasteiger partial charge in [0.1, 0.15) is 22.6 Å². The van der Waals surface area contributed by atoms with Gasteiger partial charge >= 0.3 is 0 Å². The maximum absolute atomic E-state index is 12.6. The minimum atomic E-state index is -0.297. The average molecular weight is 378 g/mol. The standard InChI is InChI=1S/C19H18N6O3/c20-11-3-6-15(23-10-11)21-7-8-22-19(27)12-4-5-13(26)17-16(12)24-18(25-17)14-2-1-9-28-14/h1-6,9-10,26H,7-8,20H2,(H,21,23)(H,22,27)(H,24,25). The van der Waals surface area contributed by atoms with Gasteiger partial charge in [-0.15, -0.1) is 0 Å². The molecule has 3 heterocycles. The van der Waals surface area contributed by atoms with Gasteiger partial charge in [0.05, 0.1) is 23.7 Å². The summed E-state index contributed by atoms with van der Waals surface area (Å²) in [4.78, 5) is 24.1. The fourth-order valence-electron chi connectivity index (χ4n) is 2.76. The summed E-state index contributed by atoms with van der Waals surface area (Å²) in [6.45, 7) is 0.866. The van der Waals surface area contributed by atoms with Crippen molar-refractivity contribution in [3.63, 3.8) is 0 Å². The summed E-state index contributed by atoms with van der Waals surface area (Å²) in [5, 5.41) is 16.0. The lowest BCUT2D eigenvalue weighted by Gasteiger charge is -2.08. The number of aromatic nitrogens is 3. The summed E-state index contributed by atoms with van der Waals surface area (Å²) in [6, 6.07) is 9.98. The molecular formula is C19H18N6O3. The highest BCUT2D eigenvalue weighted by Gasteiger charge is 2.17. The number of nitrogens with zero attached hydrogens (tertiary/aromatic N) is 2. The van der Waals surface area contributed by atoms with Crippen LogP contribution < -0.4 is 16.4 Å². The number of furan rings is 1. The van der Waals surface area contributed by atoms with Gasteiger partial charge in [0.25, 0.3) is 5.91 Å². The number of aromatic hydroxyl groups is 1. The molecule has 0 saturated carbocycles. The van der Waals surface area contributed by atoms with E-state index in [9.17, 15) is 9.90 Å². The molecule has 1 aromatic carbocycles. The number of hydrogen-bond acceptors (Lipinski definition) is 7. The maximum atomic E-state index is 12.6. The highest BCUT2D eigenvalue weighted by molar-refractivity contribution is 6.06. The first kappa shape index (κ1) is 17.4. The first-order valence-electron chi connectivity index (χ1n) is 8.61. The molecule has 0 atom stereocenters. The molecule has 6 N–H and O–H groups in total. The Balaban J connectivity index is 1.46. The molecule has 9 nitrogen and oxygen atoms in total. The zero-order valence-corrected chi connectivity index (χ0v) is 14.8. The predicted molar refractivity (Wildman–Crippen MR) is 105 cm³/mol. The quantitative estimate of drug-likeness (QED) is 0.324.